The lowest BCUT2D eigenvalue weighted by atomic mass is 10.2. The van der Waals surface area contributed by atoms with Crippen LogP contribution in [0, 0.1) is 11.6 Å². The summed E-state index contributed by atoms with van der Waals surface area (Å²) in [5.41, 5.74) is 0.982. The van der Waals surface area contributed by atoms with Crippen LogP contribution < -0.4 is 0 Å². The van der Waals surface area contributed by atoms with Crippen molar-refractivity contribution in [3.63, 3.8) is 0 Å². The summed E-state index contributed by atoms with van der Waals surface area (Å²) in [5, 5.41) is 0. The number of hydrogen-bond donors (Lipinski definition) is 1. The number of aromatic amines is 1. The fraction of sp³-hybridized carbons (Fsp3) is 0.556. The SMILES string of the molecule is CCC(OC)c1nc(=S)c(Br)c(C)[nH]1. The molecule has 0 spiro atoms. The summed E-state index contributed by atoms with van der Waals surface area (Å²) in [4.78, 5) is 7.43. The molecule has 78 valence electrons. The van der Waals surface area contributed by atoms with Crippen molar-refractivity contribution in [3.05, 3.63) is 20.6 Å². The quantitative estimate of drug-likeness (QED) is 0.861. The summed E-state index contributed by atoms with van der Waals surface area (Å²) in [5.74, 6) is 0.792. The van der Waals surface area contributed by atoms with Crippen LogP contribution in [-0.2, 0) is 4.74 Å². The van der Waals surface area contributed by atoms with Crippen LogP contribution in [0.15, 0.2) is 4.47 Å². The van der Waals surface area contributed by atoms with Gasteiger partial charge < -0.3 is 9.72 Å². The van der Waals surface area contributed by atoms with E-state index in [-0.39, 0.29) is 6.10 Å². The van der Waals surface area contributed by atoms with Gasteiger partial charge in [-0.15, -0.1) is 0 Å². The van der Waals surface area contributed by atoms with Crippen LogP contribution >= 0.6 is 28.1 Å². The highest BCUT2D eigenvalue weighted by Gasteiger charge is 2.11. The van der Waals surface area contributed by atoms with Gasteiger partial charge in [-0.25, -0.2) is 4.98 Å². The predicted molar refractivity (Wildman–Crippen MR) is 61.9 cm³/mol. The summed E-state index contributed by atoms with van der Waals surface area (Å²) in [6.45, 7) is 4.00. The topological polar surface area (TPSA) is 37.9 Å². The van der Waals surface area contributed by atoms with Crippen molar-refractivity contribution in [2.75, 3.05) is 7.11 Å². The van der Waals surface area contributed by atoms with Crippen molar-refractivity contribution in [3.8, 4) is 0 Å². The highest BCUT2D eigenvalue weighted by molar-refractivity contribution is 9.10. The van der Waals surface area contributed by atoms with Gasteiger partial charge in [0.2, 0.25) is 0 Å². The molecule has 3 nitrogen and oxygen atoms in total. The molecule has 1 aromatic heterocycles. The van der Waals surface area contributed by atoms with Crippen molar-refractivity contribution >= 4 is 28.1 Å². The molecule has 1 N–H and O–H groups in total. The number of H-pyrrole nitrogens is 1. The van der Waals surface area contributed by atoms with E-state index in [1.54, 1.807) is 7.11 Å². The minimum absolute atomic E-state index is 0.0106. The van der Waals surface area contributed by atoms with Gasteiger partial charge in [-0.2, -0.15) is 0 Å². The Morgan fingerprint density at radius 2 is 2.29 bits per heavy atom. The van der Waals surface area contributed by atoms with E-state index in [4.69, 9.17) is 17.0 Å². The number of nitrogens with one attached hydrogen (secondary N) is 1. The van der Waals surface area contributed by atoms with E-state index in [1.165, 1.54) is 0 Å². The largest absolute Gasteiger partial charge is 0.374 e. The molecule has 1 heterocycles. The highest BCUT2D eigenvalue weighted by Crippen LogP contribution is 2.20. The third-order valence-corrected chi connectivity index (χ3v) is 3.54. The molecule has 0 aromatic carbocycles. The fourth-order valence-corrected chi connectivity index (χ4v) is 1.66. The average molecular weight is 277 g/mol. The fourth-order valence-electron chi connectivity index (χ4n) is 1.22. The number of aryl methyl sites for hydroxylation is 1. The second-order valence-corrected chi connectivity index (χ2v) is 4.18. The van der Waals surface area contributed by atoms with Gasteiger partial charge in [-0.3, -0.25) is 0 Å². The lowest BCUT2D eigenvalue weighted by Crippen LogP contribution is -2.07. The second kappa shape index (κ2) is 5.00. The van der Waals surface area contributed by atoms with Crippen LogP contribution in [-0.4, -0.2) is 17.1 Å². The molecule has 14 heavy (non-hydrogen) atoms. The maximum Gasteiger partial charge on any atom is 0.144 e. The molecule has 0 saturated carbocycles. The summed E-state index contributed by atoms with van der Waals surface area (Å²) < 4.78 is 6.70. The number of nitrogens with zero attached hydrogens (tertiary/aromatic N) is 1. The standard InChI is InChI=1S/C9H13BrN2OS/c1-4-6(13-3)8-11-5(2)7(10)9(14)12-8/h6H,4H2,1-3H3,(H,11,12,14). The Hall–Kier alpha value is -0.260. The lowest BCUT2D eigenvalue weighted by Gasteiger charge is -2.13. The van der Waals surface area contributed by atoms with E-state index >= 15 is 0 Å². The zero-order valence-corrected chi connectivity index (χ0v) is 10.8. The van der Waals surface area contributed by atoms with Crippen LogP contribution in [0.3, 0.4) is 0 Å². The number of hydrogen-bond acceptors (Lipinski definition) is 3. The van der Waals surface area contributed by atoms with Gasteiger partial charge in [0.15, 0.2) is 0 Å². The molecule has 0 bridgehead atoms. The first-order chi connectivity index (χ1) is 6.60. The first kappa shape index (κ1) is 11.8. The zero-order valence-electron chi connectivity index (χ0n) is 8.43. The van der Waals surface area contributed by atoms with Gasteiger partial charge in [0.05, 0.1) is 4.47 Å². The van der Waals surface area contributed by atoms with Crippen molar-refractivity contribution in [2.24, 2.45) is 0 Å². The molecule has 5 heteroatoms. The molecule has 0 aliphatic rings. The minimum atomic E-state index is -0.0106. The Morgan fingerprint density at radius 3 is 2.71 bits per heavy atom. The third-order valence-electron chi connectivity index (χ3n) is 2.01. The average Bonchev–Trinajstić information content (AvgIpc) is 2.16. The first-order valence-electron chi connectivity index (χ1n) is 4.39. The summed E-state index contributed by atoms with van der Waals surface area (Å²) >= 11 is 8.48. The van der Waals surface area contributed by atoms with E-state index in [0.29, 0.717) is 4.64 Å². The number of rotatable bonds is 3. The van der Waals surface area contributed by atoms with Gasteiger partial charge in [0.25, 0.3) is 0 Å². The van der Waals surface area contributed by atoms with Gasteiger partial charge in [0, 0.05) is 12.8 Å². The molecule has 0 aliphatic carbocycles. The Bertz CT molecular complexity index is 374. The van der Waals surface area contributed by atoms with Gasteiger partial charge in [-0.05, 0) is 29.3 Å². The van der Waals surface area contributed by atoms with Crippen LogP contribution in [0.1, 0.15) is 31.0 Å². The molecule has 1 rings (SSSR count). The minimum Gasteiger partial charge on any atom is -0.374 e. The Kier molecular flexibility index (Phi) is 4.22. The second-order valence-electron chi connectivity index (χ2n) is 3.00. The highest BCUT2D eigenvalue weighted by atomic mass is 79.9. The van der Waals surface area contributed by atoms with Crippen molar-refractivity contribution in [1.82, 2.24) is 9.97 Å². The Balaban J connectivity index is 3.18. The van der Waals surface area contributed by atoms with Crippen molar-refractivity contribution in [2.45, 2.75) is 26.4 Å². The van der Waals surface area contributed by atoms with E-state index in [0.717, 1.165) is 22.4 Å². The zero-order chi connectivity index (χ0) is 10.7. The predicted octanol–water partition coefficient (Wildman–Crippen LogP) is 3.31. The molecule has 1 atom stereocenters. The monoisotopic (exact) mass is 276 g/mol. The smallest absolute Gasteiger partial charge is 0.144 e. The molecule has 0 fully saturated rings. The number of aromatic nitrogens is 2. The van der Waals surface area contributed by atoms with E-state index in [9.17, 15) is 0 Å². The summed E-state index contributed by atoms with van der Waals surface area (Å²) in [7, 11) is 1.67. The molecule has 0 radical (unpaired) electrons. The van der Waals surface area contributed by atoms with Crippen LogP contribution in [0.5, 0.6) is 0 Å². The van der Waals surface area contributed by atoms with Crippen LogP contribution in [0.4, 0.5) is 0 Å². The number of halogens is 1. The molecule has 0 amide bonds. The van der Waals surface area contributed by atoms with Gasteiger partial charge in [-0.1, -0.05) is 19.1 Å². The maximum absolute atomic E-state index is 5.28. The van der Waals surface area contributed by atoms with E-state index < -0.39 is 0 Å². The molecular formula is C9H13BrN2OS. The third kappa shape index (κ3) is 2.40. The van der Waals surface area contributed by atoms with Gasteiger partial charge >= 0.3 is 0 Å². The Morgan fingerprint density at radius 1 is 1.64 bits per heavy atom. The van der Waals surface area contributed by atoms with Gasteiger partial charge in [0.1, 0.15) is 16.6 Å². The molecule has 0 aliphatic heterocycles. The first-order valence-corrected chi connectivity index (χ1v) is 5.59. The normalized spacial score (nSPS) is 12.9. The molecule has 1 aromatic rings. The molecular weight excluding hydrogens is 264 g/mol. The lowest BCUT2D eigenvalue weighted by molar-refractivity contribution is 0.0923. The van der Waals surface area contributed by atoms with E-state index in [1.807, 2.05) is 13.8 Å². The van der Waals surface area contributed by atoms with Crippen molar-refractivity contribution < 1.29 is 4.74 Å². The molecule has 0 saturated heterocycles. The molecule has 1 unspecified atom stereocenters. The van der Waals surface area contributed by atoms with Crippen molar-refractivity contribution in [1.29, 1.82) is 0 Å². The summed E-state index contributed by atoms with van der Waals surface area (Å²) in [6.07, 6.45) is 0.860. The summed E-state index contributed by atoms with van der Waals surface area (Å²) in [6, 6.07) is 0. The number of ether oxygens (including phenoxy) is 1. The maximum atomic E-state index is 5.28. The van der Waals surface area contributed by atoms with Crippen LogP contribution in [0.25, 0.3) is 0 Å². The number of methoxy groups -OCH3 is 1. The van der Waals surface area contributed by atoms with E-state index in [2.05, 4.69) is 25.9 Å². The van der Waals surface area contributed by atoms with Crippen LogP contribution in [0.2, 0.25) is 0 Å². The Labute approximate surface area is 97.0 Å².